The maximum atomic E-state index is 11.7. The molecule has 21 heavy (non-hydrogen) atoms. The van der Waals surface area contributed by atoms with Crippen molar-refractivity contribution in [2.75, 3.05) is 6.54 Å². The number of rotatable bonds is 8. The van der Waals surface area contributed by atoms with Crippen LogP contribution in [0.2, 0.25) is 0 Å². The first kappa shape index (κ1) is 17.2. The highest BCUT2D eigenvalue weighted by Crippen LogP contribution is 2.19. The molecular formula is C17H25NO3. The highest BCUT2D eigenvalue weighted by molar-refractivity contribution is 5.73. The fourth-order valence-electron chi connectivity index (χ4n) is 1.94. The number of ether oxygens (including phenoxy) is 1. The van der Waals surface area contributed by atoms with Gasteiger partial charge in [0.1, 0.15) is 5.75 Å². The fourth-order valence-corrected chi connectivity index (χ4v) is 1.94. The number of benzene rings is 1. The van der Waals surface area contributed by atoms with Crippen LogP contribution in [0.1, 0.15) is 57.9 Å². The summed E-state index contributed by atoms with van der Waals surface area (Å²) < 4.78 is 5.29. The van der Waals surface area contributed by atoms with Crippen LogP contribution in [-0.2, 0) is 9.59 Å². The Bertz CT molecular complexity index is 452. The summed E-state index contributed by atoms with van der Waals surface area (Å²) in [4.78, 5) is 22.3. The molecule has 0 aromatic heterocycles. The lowest BCUT2D eigenvalue weighted by Crippen LogP contribution is -2.20. The molecule has 1 rings (SSSR count). The summed E-state index contributed by atoms with van der Waals surface area (Å²) in [6.07, 6.45) is 2.98. The largest absolute Gasteiger partial charge is 0.427 e. The Labute approximate surface area is 126 Å². The van der Waals surface area contributed by atoms with Crippen molar-refractivity contribution < 1.29 is 14.3 Å². The molecule has 116 valence electrons. The van der Waals surface area contributed by atoms with Gasteiger partial charge in [0.25, 0.3) is 0 Å². The Morgan fingerprint density at radius 2 is 1.76 bits per heavy atom. The number of amides is 1. The van der Waals surface area contributed by atoms with E-state index in [1.54, 1.807) is 0 Å². The smallest absolute Gasteiger partial charge is 0.311 e. The van der Waals surface area contributed by atoms with Crippen LogP contribution < -0.4 is 10.1 Å². The van der Waals surface area contributed by atoms with Crippen LogP contribution in [-0.4, -0.2) is 18.4 Å². The number of nitrogens with one attached hydrogen (secondary N) is 1. The van der Waals surface area contributed by atoms with Crippen molar-refractivity contribution in [2.24, 2.45) is 0 Å². The van der Waals surface area contributed by atoms with E-state index in [9.17, 15) is 9.59 Å². The quantitative estimate of drug-likeness (QED) is 0.453. The first-order valence-corrected chi connectivity index (χ1v) is 7.54. The molecule has 1 aromatic carbocycles. The number of hydrogen-bond donors (Lipinski definition) is 1. The molecule has 0 radical (unpaired) electrons. The Morgan fingerprint density at radius 1 is 1.10 bits per heavy atom. The van der Waals surface area contributed by atoms with Crippen LogP contribution in [0.15, 0.2) is 24.3 Å². The van der Waals surface area contributed by atoms with Gasteiger partial charge < -0.3 is 10.1 Å². The predicted molar refractivity (Wildman–Crippen MR) is 83.3 cm³/mol. The molecule has 0 aliphatic rings. The molecule has 4 nitrogen and oxygen atoms in total. The van der Waals surface area contributed by atoms with Crippen molar-refractivity contribution in [3.63, 3.8) is 0 Å². The van der Waals surface area contributed by atoms with Crippen molar-refractivity contribution in [1.29, 1.82) is 0 Å². The average Bonchev–Trinajstić information content (AvgIpc) is 2.43. The first-order chi connectivity index (χ1) is 9.99. The van der Waals surface area contributed by atoms with Gasteiger partial charge in [-0.3, -0.25) is 9.59 Å². The standard InChI is InChI=1S/C17H25NO3/c1-13(2)15-8-10-16(11-9-15)21-17(20)7-5-4-6-12-18-14(3)19/h8-11,13H,4-7,12H2,1-3H3,(H,18,19). The van der Waals surface area contributed by atoms with E-state index in [-0.39, 0.29) is 11.9 Å². The van der Waals surface area contributed by atoms with E-state index in [1.807, 2.05) is 24.3 Å². The van der Waals surface area contributed by atoms with E-state index in [0.29, 0.717) is 24.6 Å². The fraction of sp³-hybridized carbons (Fsp3) is 0.529. The van der Waals surface area contributed by atoms with E-state index < -0.39 is 0 Å². The van der Waals surface area contributed by atoms with Crippen LogP contribution in [0.4, 0.5) is 0 Å². The number of hydrogen-bond acceptors (Lipinski definition) is 3. The van der Waals surface area contributed by atoms with Gasteiger partial charge in [-0.15, -0.1) is 0 Å². The molecule has 0 heterocycles. The second kappa shape index (κ2) is 9.16. The third-order valence-corrected chi connectivity index (χ3v) is 3.21. The third-order valence-electron chi connectivity index (χ3n) is 3.21. The second-order valence-corrected chi connectivity index (χ2v) is 5.49. The number of unbranched alkanes of at least 4 members (excludes halogenated alkanes) is 2. The summed E-state index contributed by atoms with van der Waals surface area (Å²) in [5, 5.41) is 2.73. The third kappa shape index (κ3) is 7.49. The van der Waals surface area contributed by atoms with Gasteiger partial charge in [0.2, 0.25) is 5.91 Å². The van der Waals surface area contributed by atoms with Crippen LogP contribution in [0.3, 0.4) is 0 Å². The molecule has 0 unspecified atom stereocenters. The van der Waals surface area contributed by atoms with E-state index in [2.05, 4.69) is 19.2 Å². The van der Waals surface area contributed by atoms with Crippen molar-refractivity contribution >= 4 is 11.9 Å². The zero-order chi connectivity index (χ0) is 15.7. The molecule has 0 bridgehead atoms. The molecule has 0 spiro atoms. The van der Waals surface area contributed by atoms with Crippen molar-refractivity contribution in [2.45, 2.75) is 52.4 Å². The zero-order valence-electron chi connectivity index (χ0n) is 13.1. The van der Waals surface area contributed by atoms with E-state index in [0.717, 1.165) is 19.3 Å². The van der Waals surface area contributed by atoms with Gasteiger partial charge in [0.05, 0.1) is 0 Å². The van der Waals surface area contributed by atoms with E-state index in [4.69, 9.17) is 4.74 Å². The van der Waals surface area contributed by atoms with Crippen LogP contribution in [0, 0.1) is 0 Å². The molecule has 0 aliphatic carbocycles. The van der Waals surface area contributed by atoms with E-state index >= 15 is 0 Å². The second-order valence-electron chi connectivity index (χ2n) is 5.49. The normalized spacial score (nSPS) is 10.5. The minimum Gasteiger partial charge on any atom is -0.427 e. The minimum atomic E-state index is -0.202. The predicted octanol–water partition coefficient (Wildman–Crippen LogP) is 3.41. The van der Waals surface area contributed by atoms with Crippen molar-refractivity contribution in [3.05, 3.63) is 29.8 Å². The van der Waals surface area contributed by atoms with Crippen molar-refractivity contribution in [3.8, 4) is 5.75 Å². The van der Waals surface area contributed by atoms with Gasteiger partial charge in [0, 0.05) is 19.9 Å². The highest BCUT2D eigenvalue weighted by atomic mass is 16.5. The lowest BCUT2D eigenvalue weighted by molar-refractivity contribution is -0.134. The molecule has 0 saturated carbocycles. The summed E-state index contributed by atoms with van der Waals surface area (Å²) in [7, 11) is 0. The lowest BCUT2D eigenvalue weighted by atomic mass is 10.0. The van der Waals surface area contributed by atoms with Gasteiger partial charge >= 0.3 is 5.97 Å². The zero-order valence-corrected chi connectivity index (χ0v) is 13.1. The maximum absolute atomic E-state index is 11.7. The molecule has 1 amide bonds. The Kier molecular flexibility index (Phi) is 7.51. The highest BCUT2D eigenvalue weighted by Gasteiger charge is 2.05. The van der Waals surface area contributed by atoms with Crippen LogP contribution in [0.25, 0.3) is 0 Å². The van der Waals surface area contributed by atoms with Crippen LogP contribution >= 0.6 is 0 Å². The molecule has 1 N–H and O–H groups in total. The van der Waals surface area contributed by atoms with E-state index in [1.165, 1.54) is 12.5 Å². The Hall–Kier alpha value is -1.84. The summed E-state index contributed by atoms with van der Waals surface area (Å²) in [5.74, 6) is 0.854. The first-order valence-electron chi connectivity index (χ1n) is 7.54. The molecule has 4 heteroatoms. The van der Waals surface area contributed by atoms with Gasteiger partial charge in [-0.25, -0.2) is 0 Å². The minimum absolute atomic E-state index is 0.0146. The molecule has 0 fully saturated rings. The summed E-state index contributed by atoms with van der Waals surface area (Å²) >= 11 is 0. The number of carbonyl (C=O) groups excluding carboxylic acids is 2. The van der Waals surface area contributed by atoms with Gasteiger partial charge in [0.15, 0.2) is 0 Å². The average molecular weight is 291 g/mol. The summed E-state index contributed by atoms with van der Waals surface area (Å²) in [5.41, 5.74) is 1.23. The Balaban J connectivity index is 2.20. The van der Waals surface area contributed by atoms with Crippen LogP contribution in [0.5, 0.6) is 5.75 Å². The molecule has 1 aromatic rings. The molecule has 0 atom stereocenters. The topological polar surface area (TPSA) is 55.4 Å². The summed E-state index contributed by atoms with van der Waals surface area (Å²) in [6, 6.07) is 7.65. The van der Waals surface area contributed by atoms with Gasteiger partial charge in [-0.05, 0) is 36.5 Å². The van der Waals surface area contributed by atoms with Crippen molar-refractivity contribution in [1.82, 2.24) is 5.32 Å². The SMILES string of the molecule is CC(=O)NCCCCCC(=O)Oc1ccc(C(C)C)cc1. The molecular weight excluding hydrogens is 266 g/mol. The molecule has 0 aliphatic heterocycles. The number of esters is 1. The summed E-state index contributed by atoms with van der Waals surface area (Å²) in [6.45, 7) is 6.42. The lowest BCUT2D eigenvalue weighted by Gasteiger charge is -2.07. The number of carbonyl (C=O) groups is 2. The molecule has 0 saturated heterocycles. The Morgan fingerprint density at radius 3 is 2.33 bits per heavy atom. The van der Waals surface area contributed by atoms with Gasteiger partial charge in [-0.2, -0.15) is 0 Å². The van der Waals surface area contributed by atoms with Gasteiger partial charge in [-0.1, -0.05) is 32.4 Å². The monoisotopic (exact) mass is 291 g/mol. The maximum Gasteiger partial charge on any atom is 0.311 e.